The third-order valence-electron chi connectivity index (χ3n) is 4.77. The lowest BCUT2D eigenvalue weighted by Gasteiger charge is -2.33. The summed E-state index contributed by atoms with van der Waals surface area (Å²) in [6, 6.07) is 5.00. The monoisotopic (exact) mass is 362 g/mol. The van der Waals surface area contributed by atoms with Crippen molar-refractivity contribution in [2.75, 3.05) is 12.3 Å². The smallest absolute Gasteiger partial charge is 0.233 e. The lowest BCUT2D eigenvalue weighted by atomic mass is 10.0. The number of thiophene rings is 1. The molecule has 2 fully saturated rings. The number of hydrogen-bond acceptors (Lipinski definition) is 5. The Kier molecular flexibility index (Phi) is 4.63. The fourth-order valence-electron chi connectivity index (χ4n) is 3.29. The fraction of sp³-hybridized carbons (Fsp3) is 0.588. The van der Waals surface area contributed by atoms with E-state index in [1.54, 1.807) is 23.1 Å². The highest BCUT2D eigenvalue weighted by atomic mass is 32.2. The predicted molar refractivity (Wildman–Crippen MR) is 97.4 cm³/mol. The van der Waals surface area contributed by atoms with Gasteiger partial charge in [-0.1, -0.05) is 17.8 Å². The van der Waals surface area contributed by atoms with E-state index in [0.29, 0.717) is 17.8 Å². The molecule has 5 nitrogen and oxygen atoms in total. The third-order valence-corrected chi connectivity index (χ3v) is 6.56. The van der Waals surface area contributed by atoms with Crippen LogP contribution in [0.2, 0.25) is 0 Å². The molecule has 2 aromatic heterocycles. The van der Waals surface area contributed by atoms with Crippen molar-refractivity contribution < 1.29 is 4.79 Å². The average Bonchev–Trinajstić information content (AvgIpc) is 3.11. The molecule has 1 aliphatic carbocycles. The van der Waals surface area contributed by atoms with E-state index < -0.39 is 0 Å². The summed E-state index contributed by atoms with van der Waals surface area (Å²) in [4.78, 5) is 15.8. The molecule has 0 aromatic carbocycles. The van der Waals surface area contributed by atoms with Crippen LogP contribution in [0.5, 0.6) is 0 Å². The van der Waals surface area contributed by atoms with Gasteiger partial charge >= 0.3 is 0 Å². The summed E-state index contributed by atoms with van der Waals surface area (Å²) in [6.45, 7) is 3.06. The summed E-state index contributed by atoms with van der Waals surface area (Å²) in [5, 5.41) is 11.7. The van der Waals surface area contributed by atoms with Gasteiger partial charge in [0.15, 0.2) is 11.0 Å². The van der Waals surface area contributed by atoms with Crippen LogP contribution in [0.15, 0.2) is 22.7 Å². The molecule has 2 aromatic rings. The minimum atomic E-state index is 0.232. The van der Waals surface area contributed by atoms with Crippen LogP contribution < -0.4 is 0 Å². The summed E-state index contributed by atoms with van der Waals surface area (Å²) in [5.41, 5.74) is 0. The zero-order chi connectivity index (χ0) is 16.5. The molecule has 1 saturated carbocycles. The van der Waals surface area contributed by atoms with Gasteiger partial charge in [-0.15, -0.1) is 21.5 Å². The van der Waals surface area contributed by atoms with Gasteiger partial charge in [0.1, 0.15) is 0 Å². The third kappa shape index (κ3) is 3.24. The SMILES string of the molecule is CC1CCCCN1C(=O)CSc1nnc(-c2cccs2)n1C1CC1. The Balaban J connectivity index is 1.48. The van der Waals surface area contributed by atoms with Crippen LogP contribution in [0.3, 0.4) is 0 Å². The number of rotatable bonds is 5. The maximum Gasteiger partial charge on any atom is 0.233 e. The summed E-state index contributed by atoms with van der Waals surface area (Å²) >= 11 is 3.23. The van der Waals surface area contributed by atoms with Crippen LogP contribution in [0.1, 0.15) is 45.1 Å². The van der Waals surface area contributed by atoms with E-state index in [-0.39, 0.29) is 5.91 Å². The van der Waals surface area contributed by atoms with E-state index in [2.05, 4.69) is 33.1 Å². The van der Waals surface area contributed by atoms with Gasteiger partial charge in [-0.05, 0) is 50.5 Å². The molecule has 24 heavy (non-hydrogen) atoms. The van der Waals surface area contributed by atoms with Gasteiger partial charge in [0.2, 0.25) is 5.91 Å². The Hall–Kier alpha value is -1.34. The fourth-order valence-corrected chi connectivity index (χ4v) is 4.89. The number of nitrogens with zero attached hydrogens (tertiary/aromatic N) is 4. The standard InChI is InChI=1S/C17H22N4OS2/c1-12-5-2-3-9-20(12)15(22)11-24-17-19-18-16(14-6-4-10-23-14)21(17)13-7-8-13/h4,6,10,12-13H,2-3,5,7-9,11H2,1H3. The Morgan fingerprint density at radius 3 is 2.92 bits per heavy atom. The zero-order valence-corrected chi connectivity index (χ0v) is 15.5. The Morgan fingerprint density at radius 1 is 1.33 bits per heavy atom. The van der Waals surface area contributed by atoms with Crippen LogP contribution in [-0.2, 0) is 4.79 Å². The van der Waals surface area contributed by atoms with Crippen LogP contribution in [0.25, 0.3) is 10.7 Å². The first kappa shape index (κ1) is 16.1. The zero-order valence-electron chi connectivity index (χ0n) is 13.9. The molecular formula is C17H22N4OS2. The van der Waals surface area contributed by atoms with Crippen LogP contribution in [0.4, 0.5) is 0 Å². The molecule has 1 amide bonds. The van der Waals surface area contributed by atoms with E-state index in [4.69, 9.17) is 0 Å². The maximum atomic E-state index is 12.6. The van der Waals surface area contributed by atoms with E-state index in [1.807, 2.05) is 11.0 Å². The largest absolute Gasteiger partial charge is 0.339 e. The van der Waals surface area contributed by atoms with E-state index in [9.17, 15) is 4.79 Å². The van der Waals surface area contributed by atoms with Crippen molar-refractivity contribution in [2.24, 2.45) is 0 Å². The highest BCUT2D eigenvalue weighted by molar-refractivity contribution is 7.99. The Morgan fingerprint density at radius 2 is 2.21 bits per heavy atom. The summed E-state index contributed by atoms with van der Waals surface area (Å²) in [6.07, 6.45) is 5.85. The number of carbonyl (C=O) groups is 1. The molecule has 1 atom stereocenters. The lowest BCUT2D eigenvalue weighted by molar-refractivity contribution is -0.131. The van der Waals surface area contributed by atoms with Gasteiger partial charge in [-0.3, -0.25) is 9.36 Å². The van der Waals surface area contributed by atoms with Gasteiger partial charge in [-0.25, -0.2) is 0 Å². The molecule has 0 N–H and O–H groups in total. The van der Waals surface area contributed by atoms with Crippen molar-refractivity contribution in [1.82, 2.24) is 19.7 Å². The Bertz CT molecular complexity index is 708. The maximum absolute atomic E-state index is 12.6. The molecule has 7 heteroatoms. The molecule has 2 aliphatic rings. The van der Waals surface area contributed by atoms with Gasteiger partial charge < -0.3 is 4.90 Å². The number of aromatic nitrogens is 3. The van der Waals surface area contributed by atoms with Crippen molar-refractivity contribution in [1.29, 1.82) is 0 Å². The van der Waals surface area contributed by atoms with Crippen LogP contribution in [-0.4, -0.2) is 43.9 Å². The summed E-state index contributed by atoms with van der Waals surface area (Å²) in [5.74, 6) is 1.64. The average molecular weight is 363 g/mol. The highest BCUT2D eigenvalue weighted by Gasteiger charge is 2.31. The summed E-state index contributed by atoms with van der Waals surface area (Å²) < 4.78 is 2.24. The number of likely N-dealkylation sites (tertiary alicyclic amines) is 1. The number of carbonyl (C=O) groups excluding carboxylic acids is 1. The number of thioether (sulfide) groups is 1. The molecule has 0 radical (unpaired) electrons. The van der Waals surface area contributed by atoms with Crippen LogP contribution >= 0.6 is 23.1 Å². The first-order valence-corrected chi connectivity index (χ1v) is 10.5. The molecule has 0 bridgehead atoms. The molecule has 128 valence electrons. The minimum absolute atomic E-state index is 0.232. The lowest BCUT2D eigenvalue weighted by Crippen LogP contribution is -2.43. The van der Waals surface area contributed by atoms with E-state index in [1.165, 1.54) is 19.3 Å². The second kappa shape index (κ2) is 6.88. The normalized spacial score (nSPS) is 21.2. The van der Waals surface area contributed by atoms with Gasteiger partial charge in [0.25, 0.3) is 0 Å². The minimum Gasteiger partial charge on any atom is -0.339 e. The first-order valence-electron chi connectivity index (χ1n) is 8.65. The van der Waals surface area contributed by atoms with Crippen molar-refractivity contribution in [3.8, 4) is 10.7 Å². The Labute approximate surface area is 150 Å². The van der Waals surface area contributed by atoms with E-state index in [0.717, 1.165) is 35.2 Å². The topological polar surface area (TPSA) is 51.0 Å². The molecular weight excluding hydrogens is 340 g/mol. The highest BCUT2D eigenvalue weighted by Crippen LogP contribution is 2.41. The van der Waals surface area contributed by atoms with Crippen molar-refractivity contribution >= 4 is 29.0 Å². The molecule has 4 rings (SSSR count). The summed E-state index contributed by atoms with van der Waals surface area (Å²) in [7, 11) is 0. The predicted octanol–water partition coefficient (Wildman–Crippen LogP) is 3.83. The van der Waals surface area contributed by atoms with Crippen molar-refractivity contribution in [2.45, 2.75) is 56.3 Å². The van der Waals surface area contributed by atoms with Gasteiger partial charge in [-0.2, -0.15) is 0 Å². The quantitative estimate of drug-likeness (QED) is 0.759. The molecule has 1 unspecified atom stereocenters. The van der Waals surface area contributed by atoms with E-state index >= 15 is 0 Å². The molecule has 0 spiro atoms. The van der Waals surface area contributed by atoms with Gasteiger partial charge in [0, 0.05) is 18.6 Å². The van der Waals surface area contributed by atoms with Crippen molar-refractivity contribution in [3.05, 3.63) is 17.5 Å². The number of hydrogen-bond donors (Lipinski definition) is 0. The van der Waals surface area contributed by atoms with Crippen LogP contribution in [0, 0.1) is 0 Å². The first-order chi connectivity index (χ1) is 11.7. The molecule has 1 saturated heterocycles. The molecule has 3 heterocycles. The number of amides is 1. The van der Waals surface area contributed by atoms with Gasteiger partial charge in [0.05, 0.1) is 10.6 Å². The van der Waals surface area contributed by atoms with Crippen molar-refractivity contribution in [3.63, 3.8) is 0 Å². The second-order valence-corrected chi connectivity index (χ2v) is 8.50. The second-order valence-electron chi connectivity index (χ2n) is 6.61. The number of piperidine rings is 1. The molecule has 1 aliphatic heterocycles.